The number of H-pyrrole nitrogens is 1. The highest BCUT2D eigenvalue weighted by atomic mass is 19.1. The SMILES string of the molecule is O=Cc1cnc(-c2ncc(F)cc2F)[nH]1. The predicted octanol–water partition coefficient (Wildman–Crippen LogP) is 1.56. The fourth-order valence-corrected chi connectivity index (χ4v) is 1.10. The average Bonchev–Trinajstić information content (AvgIpc) is 2.66. The Morgan fingerprint density at radius 1 is 1.27 bits per heavy atom. The summed E-state index contributed by atoms with van der Waals surface area (Å²) in [7, 11) is 0. The van der Waals surface area contributed by atoms with Crippen LogP contribution in [-0.2, 0) is 0 Å². The Hall–Kier alpha value is -2.11. The van der Waals surface area contributed by atoms with Crippen molar-refractivity contribution in [1.29, 1.82) is 0 Å². The third-order valence-electron chi connectivity index (χ3n) is 1.75. The van der Waals surface area contributed by atoms with Crippen LogP contribution in [-0.4, -0.2) is 21.2 Å². The van der Waals surface area contributed by atoms with Crippen molar-refractivity contribution in [2.24, 2.45) is 0 Å². The van der Waals surface area contributed by atoms with Gasteiger partial charge in [-0.3, -0.25) is 4.79 Å². The third kappa shape index (κ3) is 1.74. The second-order valence-corrected chi connectivity index (χ2v) is 2.79. The summed E-state index contributed by atoms with van der Waals surface area (Å²) in [5.41, 5.74) is 0.0834. The van der Waals surface area contributed by atoms with Crippen molar-refractivity contribution < 1.29 is 13.6 Å². The van der Waals surface area contributed by atoms with Gasteiger partial charge in [0.25, 0.3) is 0 Å². The van der Waals surface area contributed by atoms with E-state index in [-0.39, 0.29) is 17.2 Å². The lowest BCUT2D eigenvalue weighted by Crippen LogP contribution is -1.92. The molecular weight excluding hydrogens is 204 g/mol. The number of rotatable bonds is 2. The maximum Gasteiger partial charge on any atom is 0.167 e. The van der Waals surface area contributed by atoms with E-state index in [0.717, 1.165) is 6.20 Å². The number of carbonyl (C=O) groups excluding carboxylic acids is 1. The molecule has 76 valence electrons. The molecule has 15 heavy (non-hydrogen) atoms. The van der Waals surface area contributed by atoms with Crippen molar-refractivity contribution in [2.45, 2.75) is 0 Å². The van der Waals surface area contributed by atoms with E-state index in [0.29, 0.717) is 12.4 Å². The fraction of sp³-hybridized carbons (Fsp3) is 0. The number of halogens is 2. The summed E-state index contributed by atoms with van der Waals surface area (Å²) in [5.74, 6) is -1.50. The van der Waals surface area contributed by atoms with Gasteiger partial charge in [-0.15, -0.1) is 0 Å². The maximum absolute atomic E-state index is 13.2. The molecule has 0 bridgehead atoms. The van der Waals surface area contributed by atoms with Crippen molar-refractivity contribution in [3.8, 4) is 11.5 Å². The molecule has 2 aromatic rings. The monoisotopic (exact) mass is 209 g/mol. The molecule has 0 atom stereocenters. The van der Waals surface area contributed by atoms with E-state index in [1.54, 1.807) is 0 Å². The van der Waals surface area contributed by atoms with E-state index in [2.05, 4.69) is 15.0 Å². The van der Waals surface area contributed by atoms with Gasteiger partial charge in [-0.1, -0.05) is 0 Å². The zero-order valence-electron chi connectivity index (χ0n) is 7.37. The molecule has 6 heteroatoms. The van der Waals surface area contributed by atoms with Gasteiger partial charge in [-0.2, -0.15) is 0 Å². The lowest BCUT2D eigenvalue weighted by Gasteiger charge is -1.97. The molecule has 0 saturated carbocycles. The Morgan fingerprint density at radius 2 is 2.07 bits per heavy atom. The van der Waals surface area contributed by atoms with E-state index in [1.807, 2.05) is 0 Å². The van der Waals surface area contributed by atoms with Crippen LogP contribution in [0.4, 0.5) is 8.78 Å². The summed E-state index contributed by atoms with van der Waals surface area (Å²) in [6, 6.07) is 0.700. The molecule has 0 aromatic carbocycles. The number of aromatic amines is 1. The molecular formula is C9H5F2N3O. The van der Waals surface area contributed by atoms with Crippen LogP contribution in [0, 0.1) is 11.6 Å². The van der Waals surface area contributed by atoms with Crippen LogP contribution < -0.4 is 0 Å². The molecule has 0 amide bonds. The van der Waals surface area contributed by atoms with Crippen molar-refractivity contribution in [1.82, 2.24) is 15.0 Å². The van der Waals surface area contributed by atoms with Gasteiger partial charge in [0.15, 0.2) is 17.9 Å². The van der Waals surface area contributed by atoms with E-state index in [4.69, 9.17) is 0 Å². The molecule has 2 heterocycles. The zero-order chi connectivity index (χ0) is 10.8. The number of pyridine rings is 1. The maximum atomic E-state index is 13.2. The van der Waals surface area contributed by atoms with Gasteiger partial charge in [-0.05, 0) is 0 Å². The molecule has 1 N–H and O–H groups in total. The first-order valence-corrected chi connectivity index (χ1v) is 4.02. The van der Waals surface area contributed by atoms with Crippen LogP contribution in [0.25, 0.3) is 11.5 Å². The Balaban J connectivity index is 2.49. The number of aromatic nitrogens is 3. The van der Waals surface area contributed by atoms with E-state index in [9.17, 15) is 13.6 Å². The molecule has 0 aliphatic heterocycles. The van der Waals surface area contributed by atoms with E-state index >= 15 is 0 Å². The molecule has 2 rings (SSSR count). The summed E-state index contributed by atoms with van der Waals surface area (Å²) in [5, 5.41) is 0. The first-order chi connectivity index (χ1) is 7.20. The van der Waals surface area contributed by atoms with Gasteiger partial charge < -0.3 is 4.98 Å². The minimum absolute atomic E-state index is 0.0922. The second-order valence-electron chi connectivity index (χ2n) is 2.79. The largest absolute Gasteiger partial charge is 0.334 e. The first kappa shape index (κ1) is 9.45. The van der Waals surface area contributed by atoms with Crippen molar-refractivity contribution in [3.05, 3.63) is 35.8 Å². The Morgan fingerprint density at radius 3 is 2.67 bits per heavy atom. The van der Waals surface area contributed by atoms with Crippen LogP contribution in [0.15, 0.2) is 18.5 Å². The van der Waals surface area contributed by atoms with Crippen molar-refractivity contribution >= 4 is 6.29 Å². The topological polar surface area (TPSA) is 58.6 Å². The normalized spacial score (nSPS) is 10.3. The Bertz CT molecular complexity index is 510. The van der Waals surface area contributed by atoms with Crippen LogP contribution >= 0.6 is 0 Å². The minimum atomic E-state index is -0.832. The number of aldehydes is 1. The highest BCUT2D eigenvalue weighted by Gasteiger charge is 2.11. The highest BCUT2D eigenvalue weighted by Crippen LogP contribution is 2.16. The third-order valence-corrected chi connectivity index (χ3v) is 1.75. The summed E-state index contributed by atoms with van der Waals surface area (Å²) in [6.07, 6.45) is 2.66. The molecule has 0 radical (unpaired) electrons. The molecule has 2 aromatic heterocycles. The van der Waals surface area contributed by atoms with Crippen LogP contribution in [0.1, 0.15) is 10.5 Å². The standard InChI is InChI=1S/C9H5F2N3O/c10-5-1-7(11)8(12-2-5)9-13-3-6(4-15)14-9/h1-4H,(H,13,14). The summed E-state index contributed by atoms with van der Waals surface area (Å²) >= 11 is 0. The van der Waals surface area contributed by atoms with Gasteiger partial charge >= 0.3 is 0 Å². The number of hydrogen-bond donors (Lipinski definition) is 1. The molecule has 4 nitrogen and oxygen atoms in total. The van der Waals surface area contributed by atoms with E-state index < -0.39 is 11.6 Å². The number of carbonyl (C=O) groups is 1. The van der Waals surface area contributed by atoms with Gasteiger partial charge in [0.05, 0.1) is 18.1 Å². The number of imidazole rings is 1. The Labute approximate surface area is 83.0 Å². The zero-order valence-corrected chi connectivity index (χ0v) is 7.37. The van der Waals surface area contributed by atoms with Crippen molar-refractivity contribution in [2.75, 3.05) is 0 Å². The number of hydrogen-bond acceptors (Lipinski definition) is 3. The molecule has 0 aliphatic rings. The van der Waals surface area contributed by atoms with Crippen LogP contribution in [0.2, 0.25) is 0 Å². The quantitative estimate of drug-likeness (QED) is 0.763. The number of nitrogens with one attached hydrogen (secondary N) is 1. The summed E-state index contributed by atoms with van der Waals surface area (Å²) in [4.78, 5) is 20.2. The summed E-state index contributed by atoms with van der Waals surface area (Å²) in [6.45, 7) is 0. The lowest BCUT2D eigenvalue weighted by molar-refractivity contribution is 0.111. The van der Waals surface area contributed by atoms with Crippen LogP contribution in [0.5, 0.6) is 0 Å². The number of nitrogens with zero attached hydrogens (tertiary/aromatic N) is 2. The van der Waals surface area contributed by atoms with Crippen molar-refractivity contribution in [3.63, 3.8) is 0 Å². The molecule has 0 unspecified atom stereocenters. The van der Waals surface area contributed by atoms with Gasteiger partial charge in [0.1, 0.15) is 11.5 Å². The molecule has 0 fully saturated rings. The van der Waals surface area contributed by atoms with Gasteiger partial charge in [0, 0.05) is 6.07 Å². The molecule has 0 aliphatic carbocycles. The van der Waals surface area contributed by atoms with Gasteiger partial charge in [0.2, 0.25) is 0 Å². The van der Waals surface area contributed by atoms with Crippen LogP contribution in [0.3, 0.4) is 0 Å². The first-order valence-electron chi connectivity index (χ1n) is 4.02. The molecule has 0 spiro atoms. The fourth-order valence-electron chi connectivity index (χ4n) is 1.10. The Kier molecular flexibility index (Phi) is 2.24. The average molecular weight is 209 g/mol. The highest BCUT2D eigenvalue weighted by molar-refractivity contribution is 5.72. The van der Waals surface area contributed by atoms with Gasteiger partial charge in [-0.25, -0.2) is 18.7 Å². The smallest absolute Gasteiger partial charge is 0.167 e. The predicted molar refractivity (Wildman–Crippen MR) is 47.1 cm³/mol. The van der Waals surface area contributed by atoms with E-state index in [1.165, 1.54) is 6.20 Å². The summed E-state index contributed by atoms with van der Waals surface area (Å²) < 4.78 is 25.7. The lowest BCUT2D eigenvalue weighted by atomic mass is 10.3. The molecule has 0 saturated heterocycles. The second kappa shape index (κ2) is 3.56. The minimum Gasteiger partial charge on any atom is -0.334 e.